The maximum atomic E-state index is 5.56. The summed E-state index contributed by atoms with van der Waals surface area (Å²) in [6, 6.07) is 2.14. The first kappa shape index (κ1) is 16.0. The fourth-order valence-electron chi connectivity index (χ4n) is 2.08. The van der Waals surface area contributed by atoms with Gasteiger partial charge in [-0.05, 0) is 33.3 Å². The number of aromatic nitrogens is 2. The summed E-state index contributed by atoms with van der Waals surface area (Å²) < 4.78 is 5.56. The SMILES string of the molecule is CCCNc1nc(NCC(C)OCC)c2cc(C)sc2n1. The van der Waals surface area contributed by atoms with Gasteiger partial charge in [0.1, 0.15) is 10.6 Å². The molecule has 0 saturated heterocycles. The van der Waals surface area contributed by atoms with Crippen molar-refractivity contribution in [3.05, 3.63) is 10.9 Å². The van der Waals surface area contributed by atoms with E-state index in [1.165, 1.54) is 4.88 Å². The summed E-state index contributed by atoms with van der Waals surface area (Å²) in [4.78, 5) is 11.4. The summed E-state index contributed by atoms with van der Waals surface area (Å²) in [5.41, 5.74) is 0. The maximum Gasteiger partial charge on any atom is 0.226 e. The monoisotopic (exact) mass is 308 g/mol. The van der Waals surface area contributed by atoms with Crippen molar-refractivity contribution in [3.63, 3.8) is 0 Å². The molecule has 0 aliphatic carbocycles. The van der Waals surface area contributed by atoms with Crippen LogP contribution in [0.3, 0.4) is 0 Å². The van der Waals surface area contributed by atoms with E-state index in [4.69, 9.17) is 4.74 Å². The molecule has 1 unspecified atom stereocenters. The molecule has 2 N–H and O–H groups in total. The Balaban J connectivity index is 2.21. The van der Waals surface area contributed by atoms with E-state index >= 15 is 0 Å². The predicted octanol–water partition coefficient (Wildman–Crippen LogP) is 3.66. The zero-order chi connectivity index (χ0) is 15.2. The van der Waals surface area contributed by atoms with Gasteiger partial charge in [0.15, 0.2) is 0 Å². The number of hydrogen-bond acceptors (Lipinski definition) is 6. The van der Waals surface area contributed by atoms with Gasteiger partial charge in [-0.25, -0.2) is 4.98 Å². The highest BCUT2D eigenvalue weighted by Crippen LogP contribution is 2.29. The molecule has 0 aromatic carbocycles. The van der Waals surface area contributed by atoms with Gasteiger partial charge in [-0.15, -0.1) is 11.3 Å². The van der Waals surface area contributed by atoms with Gasteiger partial charge in [0.25, 0.3) is 0 Å². The Morgan fingerprint density at radius 2 is 2.10 bits per heavy atom. The number of fused-ring (bicyclic) bond motifs is 1. The van der Waals surface area contributed by atoms with E-state index in [1.807, 2.05) is 6.92 Å². The Bertz CT molecular complexity index is 584. The van der Waals surface area contributed by atoms with E-state index in [1.54, 1.807) is 11.3 Å². The largest absolute Gasteiger partial charge is 0.377 e. The minimum absolute atomic E-state index is 0.159. The molecule has 1 atom stereocenters. The summed E-state index contributed by atoms with van der Waals surface area (Å²) >= 11 is 1.70. The van der Waals surface area contributed by atoms with Crippen molar-refractivity contribution >= 4 is 33.3 Å². The topological polar surface area (TPSA) is 59.1 Å². The van der Waals surface area contributed by atoms with E-state index in [0.717, 1.165) is 42.2 Å². The van der Waals surface area contributed by atoms with Gasteiger partial charge >= 0.3 is 0 Å². The first-order chi connectivity index (χ1) is 10.1. The van der Waals surface area contributed by atoms with Crippen molar-refractivity contribution in [2.75, 3.05) is 30.3 Å². The third-order valence-corrected chi connectivity index (χ3v) is 4.00. The molecule has 0 spiro atoms. The summed E-state index contributed by atoms with van der Waals surface area (Å²) in [5, 5.41) is 7.74. The predicted molar refractivity (Wildman–Crippen MR) is 90.5 cm³/mol. The third-order valence-electron chi connectivity index (χ3n) is 3.06. The van der Waals surface area contributed by atoms with Crippen LogP contribution in [0.5, 0.6) is 0 Å². The molecule has 5 nitrogen and oxygen atoms in total. The Hall–Kier alpha value is -1.40. The van der Waals surface area contributed by atoms with Crippen molar-refractivity contribution in [3.8, 4) is 0 Å². The molecule has 0 saturated carbocycles. The summed E-state index contributed by atoms with van der Waals surface area (Å²) in [6.45, 7) is 10.6. The lowest BCUT2D eigenvalue weighted by Crippen LogP contribution is -2.20. The Labute approximate surface area is 130 Å². The quantitative estimate of drug-likeness (QED) is 0.779. The van der Waals surface area contributed by atoms with Gasteiger partial charge in [-0.3, -0.25) is 0 Å². The van der Waals surface area contributed by atoms with Crippen LogP contribution < -0.4 is 10.6 Å². The molecule has 2 aromatic rings. The maximum absolute atomic E-state index is 5.56. The van der Waals surface area contributed by atoms with Crippen molar-refractivity contribution < 1.29 is 4.74 Å². The van der Waals surface area contributed by atoms with Crippen molar-refractivity contribution in [1.82, 2.24) is 9.97 Å². The molecule has 2 heterocycles. The number of aryl methyl sites for hydroxylation is 1. The number of anilines is 2. The Kier molecular flexibility index (Phi) is 5.76. The lowest BCUT2D eigenvalue weighted by Gasteiger charge is -2.14. The molecule has 2 aromatic heterocycles. The van der Waals surface area contributed by atoms with Crippen LogP contribution in [0, 0.1) is 6.92 Å². The second-order valence-corrected chi connectivity index (χ2v) is 6.28. The van der Waals surface area contributed by atoms with Gasteiger partial charge in [0, 0.05) is 24.6 Å². The van der Waals surface area contributed by atoms with E-state index in [2.05, 4.69) is 47.4 Å². The highest BCUT2D eigenvalue weighted by Gasteiger charge is 2.11. The number of rotatable bonds is 8. The molecule has 0 bridgehead atoms. The lowest BCUT2D eigenvalue weighted by atomic mass is 10.3. The lowest BCUT2D eigenvalue weighted by molar-refractivity contribution is 0.0855. The van der Waals surface area contributed by atoms with Crippen LogP contribution in [0.15, 0.2) is 6.07 Å². The number of hydrogen-bond donors (Lipinski definition) is 2. The number of thiophene rings is 1. The van der Waals surface area contributed by atoms with Gasteiger partial charge in [-0.2, -0.15) is 4.98 Å². The standard InChI is InChI=1S/C15H24N4OS/c1-5-7-16-15-18-13(17-9-10(3)20-6-2)12-8-11(4)21-14(12)19-15/h8,10H,5-7,9H2,1-4H3,(H2,16,17,18,19). The van der Waals surface area contributed by atoms with Crippen LogP contribution in [-0.2, 0) is 4.74 Å². The van der Waals surface area contributed by atoms with Crippen molar-refractivity contribution in [1.29, 1.82) is 0 Å². The van der Waals surface area contributed by atoms with Gasteiger partial charge in [0.05, 0.1) is 11.5 Å². The highest BCUT2D eigenvalue weighted by atomic mass is 32.1. The smallest absolute Gasteiger partial charge is 0.226 e. The van der Waals surface area contributed by atoms with E-state index in [9.17, 15) is 0 Å². The number of ether oxygens (including phenoxy) is 1. The summed E-state index contributed by atoms with van der Waals surface area (Å²) in [7, 11) is 0. The molecule has 0 aliphatic rings. The molecule has 0 radical (unpaired) electrons. The Morgan fingerprint density at radius 1 is 1.29 bits per heavy atom. The van der Waals surface area contributed by atoms with Crippen molar-refractivity contribution in [2.45, 2.75) is 40.2 Å². The average Bonchev–Trinajstić information content (AvgIpc) is 2.83. The molecule has 0 aliphatic heterocycles. The van der Waals surface area contributed by atoms with E-state index in [-0.39, 0.29) is 6.10 Å². The third kappa shape index (κ3) is 4.28. The van der Waals surface area contributed by atoms with Crippen LogP contribution in [0.25, 0.3) is 10.2 Å². The van der Waals surface area contributed by atoms with Crippen LogP contribution in [-0.4, -0.2) is 35.8 Å². The van der Waals surface area contributed by atoms with E-state index < -0.39 is 0 Å². The molecule has 6 heteroatoms. The normalized spacial score (nSPS) is 12.6. The summed E-state index contributed by atoms with van der Waals surface area (Å²) in [5.74, 6) is 1.58. The number of nitrogens with one attached hydrogen (secondary N) is 2. The fraction of sp³-hybridized carbons (Fsp3) is 0.600. The molecule has 2 rings (SSSR count). The zero-order valence-corrected chi connectivity index (χ0v) is 14.0. The van der Waals surface area contributed by atoms with Crippen molar-refractivity contribution in [2.24, 2.45) is 0 Å². The minimum atomic E-state index is 0.159. The first-order valence-corrected chi connectivity index (χ1v) is 8.33. The molecule has 21 heavy (non-hydrogen) atoms. The second-order valence-electron chi connectivity index (χ2n) is 5.05. The van der Waals surface area contributed by atoms with Gasteiger partial charge in [-0.1, -0.05) is 6.92 Å². The van der Waals surface area contributed by atoms with Gasteiger partial charge in [0.2, 0.25) is 5.95 Å². The summed E-state index contributed by atoms with van der Waals surface area (Å²) in [6.07, 6.45) is 1.21. The van der Waals surface area contributed by atoms with E-state index in [0.29, 0.717) is 5.95 Å². The van der Waals surface area contributed by atoms with Gasteiger partial charge < -0.3 is 15.4 Å². The molecular weight excluding hydrogens is 284 g/mol. The van der Waals surface area contributed by atoms with Crippen LogP contribution in [0.1, 0.15) is 32.1 Å². The van der Waals surface area contributed by atoms with Crippen LogP contribution in [0.4, 0.5) is 11.8 Å². The highest BCUT2D eigenvalue weighted by molar-refractivity contribution is 7.18. The molecule has 116 valence electrons. The zero-order valence-electron chi connectivity index (χ0n) is 13.2. The van der Waals surface area contributed by atoms with Crippen LogP contribution >= 0.6 is 11.3 Å². The molecule has 0 amide bonds. The number of nitrogens with zero attached hydrogens (tertiary/aromatic N) is 2. The molecule has 0 fully saturated rings. The first-order valence-electron chi connectivity index (χ1n) is 7.51. The molecular formula is C15H24N4OS. The fourth-order valence-corrected chi connectivity index (χ4v) is 2.96. The Morgan fingerprint density at radius 3 is 2.81 bits per heavy atom. The van der Waals surface area contributed by atoms with Crippen LogP contribution in [0.2, 0.25) is 0 Å². The minimum Gasteiger partial charge on any atom is -0.377 e. The second kappa shape index (κ2) is 7.56. The average molecular weight is 308 g/mol.